The number of ether oxygens (including phenoxy) is 1. The van der Waals surface area contributed by atoms with Crippen molar-refractivity contribution in [2.75, 3.05) is 18.5 Å². The van der Waals surface area contributed by atoms with E-state index in [0.29, 0.717) is 19.1 Å². The van der Waals surface area contributed by atoms with Gasteiger partial charge in [0.05, 0.1) is 5.52 Å². The van der Waals surface area contributed by atoms with Crippen LogP contribution in [0.4, 0.5) is 5.69 Å². The van der Waals surface area contributed by atoms with Gasteiger partial charge >= 0.3 is 0 Å². The van der Waals surface area contributed by atoms with E-state index in [1.165, 1.54) is 19.3 Å². The topological polar surface area (TPSA) is 51.2 Å². The van der Waals surface area contributed by atoms with E-state index in [0.717, 1.165) is 39.5 Å². The van der Waals surface area contributed by atoms with Crippen LogP contribution in [0.15, 0.2) is 28.9 Å². The average Bonchev–Trinajstić information content (AvgIpc) is 2.56. The molecule has 134 valence electrons. The van der Waals surface area contributed by atoms with E-state index in [1.54, 1.807) is 0 Å². The molecule has 0 aliphatic heterocycles. The molecule has 3 rings (SSSR count). The predicted octanol–water partition coefficient (Wildman–Crippen LogP) is 4.89. The number of ketones is 1. The molecule has 5 heteroatoms. The maximum Gasteiger partial charge on any atom is 0.162 e. The maximum absolute atomic E-state index is 12.3. The zero-order chi connectivity index (χ0) is 17.6. The van der Waals surface area contributed by atoms with Crippen molar-refractivity contribution in [3.63, 3.8) is 0 Å². The zero-order valence-corrected chi connectivity index (χ0v) is 16.3. The molecule has 1 fully saturated rings. The van der Waals surface area contributed by atoms with Crippen LogP contribution in [0.2, 0.25) is 0 Å². The molecule has 1 saturated carbocycles. The van der Waals surface area contributed by atoms with Crippen LogP contribution < -0.4 is 5.32 Å². The lowest BCUT2D eigenvalue weighted by Crippen LogP contribution is -2.28. The molecule has 1 heterocycles. The molecule has 0 spiro atoms. The molecule has 2 aromatic rings. The van der Waals surface area contributed by atoms with Crippen LogP contribution in [0, 0.1) is 0 Å². The summed E-state index contributed by atoms with van der Waals surface area (Å²) >= 11 is 3.50. The molecular weight excluding hydrogens is 380 g/mol. The molecule has 25 heavy (non-hydrogen) atoms. The summed E-state index contributed by atoms with van der Waals surface area (Å²) in [7, 11) is 0. The zero-order valence-electron chi connectivity index (χ0n) is 14.7. The fraction of sp³-hybridized carbons (Fsp3) is 0.500. The van der Waals surface area contributed by atoms with Gasteiger partial charge in [0.25, 0.3) is 0 Å². The summed E-state index contributed by atoms with van der Waals surface area (Å²) in [5.41, 5.74) is 2.96. The molecule has 1 aromatic heterocycles. The van der Waals surface area contributed by atoms with E-state index < -0.39 is 0 Å². The number of nitrogens with zero attached hydrogens (tertiary/aromatic N) is 1. The van der Waals surface area contributed by atoms with Gasteiger partial charge in [-0.25, -0.2) is 0 Å². The lowest BCUT2D eigenvalue weighted by atomic mass is 9.92. The van der Waals surface area contributed by atoms with E-state index in [1.807, 2.05) is 18.3 Å². The van der Waals surface area contributed by atoms with Crippen molar-refractivity contribution in [2.45, 2.75) is 51.5 Å². The van der Waals surface area contributed by atoms with Crippen molar-refractivity contribution in [3.05, 3.63) is 34.4 Å². The minimum atomic E-state index is 0.103. The van der Waals surface area contributed by atoms with Crippen LogP contribution in [0.5, 0.6) is 0 Å². The monoisotopic (exact) mass is 404 g/mol. The highest BCUT2D eigenvalue weighted by Crippen LogP contribution is 2.32. The van der Waals surface area contributed by atoms with Gasteiger partial charge in [-0.3, -0.25) is 9.78 Å². The van der Waals surface area contributed by atoms with Crippen LogP contribution in [0.3, 0.4) is 0 Å². The number of nitrogens with one attached hydrogen (secondary N) is 1. The number of halogens is 1. The number of Topliss-reactive ketones (excluding diaryl/α,β-unsaturated/α-hetero) is 1. The summed E-state index contributed by atoms with van der Waals surface area (Å²) in [6, 6.07) is 6.61. The second-order valence-corrected chi connectivity index (χ2v) is 7.63. The number of hydrogen-bond acceptors (Lipinski definition) is 4. The number of fused-ring (bicyclic) bond motifs is 1. The van der Waals surface area contributed by atoms with Crippen molar-refractivity contribution < 1.29 is 9.53 Å². The van der Waals surface area contributed by atoms with Gasteiger partial charge < -0.3 is 10.1 Å². The largest absolute Gasteiger partial charge is 0.381 e. The number of hydrogen-bond donors (Lipinski definition) is 1. The third-order valence-electron chi connectivity index (χ3n) is 4.66. The van der Waals surface area contributed by atoms with E-state index in [-0.39, 0.29) is 12.4 Å². The lowest BCUT2D eigenvalue weighted by Gasteiger charge is -2.29. The van der Waals surface area contributed by atoms with Crippen molar-refractivity contribution in [3.8, 4) is 0 Å². The van der Waals surface area contributed by atoms with Gasteiger partial charge in [-0.2, -0.15) is 0 Å². The van der Waals surface area contributed by atoms with Crippen LogP contribution in [-0.2, 0) is 16.0 Å². The molecule has 0 saturated heterocycles. The van der Waals surface area contributed by atoms with E-state index in [4.69, 9.17) is 4.74 Å². The Labute approximate surface area is 157 Å². The van der Waals surface area contributed by atoms with Crippen LogP contribution in [0.1, 0.15) is 44.6 Å². The van der Waals surface area contributed by atoms with Gasteiger partial charge in [0.15, 0.2) is 5.78 Å². The fourth-order valence-corrected chi connectivity index (χ4v) is 3.31. The number of rotatable bonds is 9. The first-order valence-electron chi connectivity index (χ1n) is 9.10. The van der Waals surface area contributed by atoms with Crippen LogP contribution in [0.25, 0.3) is 10.9 Å². The third kappa shape index (κ3) is 4.79. The Morgan fingerprint density at radius 2 is 2.24 bits per heavy atom. The minimum absolute atomic E-state index is 0.103. The highest BCUT2D eigenvalue weighted by atomic mass is 79.9. The summed E-state index contributed by atoms with van der Waals surface area (Å²) in [4.78, 5) is 16.9. The molecule has 0 unspecified atom stereocenters. The fourth-order valence-electron chi connectivity index (χ4n) is 2.97. The molecule has 0 atom stereocenters. The Kier molecular flexibility index (Phi) is 6.43. The van der Waals surface area contributed by atoms with Crippen LogP contribution >= 0.6 is 15.9 Å². The highest BCUT2D eigenvalue weighted by Gasteiger charge is 2.20. The summed E-state index contributed by atoms with van der Waals surface area (Å²) in [5, 5.41) is 4.72. The molecule has 0 radical (unpaired) electrons. The van der Waals surface area contributed by atoms with Gasteiger partial charge in [0, 0.05) is 46.4 Å². The molecule has 1 aliphatic carbocycles. The predicted molar refractivity (Wildman–Crippen MR) is 105 cm³/mol. The number of benzene rings is 1. The minimum Gasteiger partial charge on any atom is -0.381 e. The number of carbonyl (C=O) groups excluding carboxylic acids is 1. The van der Waals surface area contributed by atoms with E-state index in [9.17, 15) is 4.79 Å². The van der Waals surface area contributed by atoms with Gasteiger partial charge in [-0.05, 0) is 43.9 Å². The number of carbonyl (C=O) groups is 1. The van der Waals surface area contributed by atoms with Crippen molar-refractivity contribution in [1.29, 1.82) is 0 Å². The lowest BCUT2D eigenvalue weighted by molar-refractivity contribution is -0.122. The van der Waals surface area contributed by atoms with Crippen LogP contribution in [-0.4, -0.2) is 30.0 Å². The SMILES string of the molecule is CCCCOCC(=O)Cc1cnc2cc(Br)ccc2c1NC1CCC1. The number of unbranched alkanes of at least 4 members (excludes halogenated alkanes) is 1. The van der Waals surface area contributed by atoms with E-state index in [2.05, 4.69) is 39.2 Å². The van der Waals surface area contributed by atoms with Crippen molar-refractivity contribution >= 4 is 38.3 Å². The number of pyridine rings is 1. The Hall–Kier alpha value is -1.46. The Balaban J connectivity index is 1.79. The molecule has 1 aromatic carbocycles. The smallest absolute Gasteiger partial charge is 0.162 e. The third-order valence-corrected chi connectivity index (χ3v) is 5.15. The quantitative estimate of drug-likeness (QED) is 0.604. The molecule has 1 aliphatic rings. The molecule has 1 N–H and O–H groups in total. The first kappa shape index (κ1) is 18.3. The summed E-state index contributed by atoms with van der Waals surface area (Å²) in [6.45, 7) is 2.95. The summed E-state index contributed by atoms with van der Waals surface area (Å²) < 4.78 is 6.48. The van der Waals surface area contributed by atoms with Gasteiger partial charge in [0.1, 0.15) is 6.61 Å². The summed E-state index contributed by atoms with van der Waals surface area (Å²) in [5.74, 6) is 0.103. The number of anilines is 1. The first-order chi connectivity index (χ1) is 12.2. The molecule has 0 amide bonds. The van der Waals surface area contributed by atoms with E-state index >= 15 is 0 Å². The maximum atomic E-state index is 12.3. The van der Waals surface area contributed by atoms with Gasteiger partial charge in [0.2, 0.25) is 0 Å². The van der Waals surface area contributed by atoms with Crippen molar-refractivity contribution in [1.82, 2.24) is 4.98 Å². The first-order valence-corrected chi connectivity index (χ1v) is 9.89. The van der Waals surface area contributed by atoms with Crippen molar-refractivity contribution in [2.24, 2.45) is 0 Å². The molecule has 0 bridgehead atoms. The Morgan fingerprint density at radius 3 is 2.96 bits per heavy atom. The normalized spacial score (nSPS) is 14.5. The molecule has 4 nitrogen and oxygen atoms in total. The molecular formula is C20H25BrN2O2. The van der Waals surface area contributed by atoms with Gasteiger partial charge in [-0.15, -0.1) is 0 Å². The van der Waals surface area contributed by atoms with Gasteiger partial charge in [-0.1, -0.05) is 29.3 Å². The Bertz CT molecular complexity index is 744. The highest BCUT2D eigenvalue weighted by molar-refractivity contribution is 9.10. The average molecular weight is 405 g/mol. The second kappa shape index (κ2) is 8.77. The summed E-state index contributed by atoms with van der Waals surface area (Å²) in [6.07, 6.45) is 7.91. The second-order valence-electron chi connectivity index (χ2n) is 6.71. The standard InChI is InChI=1S/C20H25BrN2O2/c1-2-3-9-25-13-17(24)10-14-12-22-19-11-15(21)7-8-18(19)20(14)23-16-5-4-6-16/h7-8,11-12,16H,2-6,9-10,13H2,1H3,(H,22,23). The number of aromatic nitrogens is 1. The Morgan fingerprint density at radius 1 is 1.40 bits per heavy atom.